The van der Waals surface area contributed by atoms with Crippen LogP contribution in [-0.2, 0) is 0 Å². The minimum Gasteiger partial charge on any atom is -0.0925 e. The summed E-state index contributed by atoms with van der Waals surface area (Å²) in [6.45, 7) is 3.85. The van der Waals surface area contributed by atoms with Gasteiger partial charge in [0.2, 0.25) is 0 Å². The summed E-state index contributed by atoms with van der Waals surface area (Å²) < 4.78 is 0. The molecule has 0 aliphatic heterocycles. The smallest absolute Gasteiger partial charge is 0.00168 e. The maximum absolute atomic E-state index is 2.78. The van der Waals surface area contributed by atoms with E-state index in [4.69, 9.17) is 0 Å². The summed E-state index contributed by atoms with van der Waals surface area (Å²) in [6, 6.07) is 0. The van der Waals surface area contributed by atoms with E-state index in [1.165, 1.54) is 0 Å². The number of allylic oxidation sites excluding steroid dienone is 2. The Labute approximate surface area is 57.0 Å². The van der Waals surface area contributed by atoms with E-state index in [-0.39, 0.29) is 0 Å². The van der Waals surface area contributed by atoms with E-state index >= 15 is 0 Å². The van der Waals surface area contributed by atoms with Gasteiger partial charge in [0.25, 0.3) is 0 Å². The second-order valence-corrected chi connectivity index (χ2v) is 1.45. The SMILES string of the molecule is CC#CC#CC=CCC. The Hall–Kier alpha value is -1.14. The predicted molar refractivity (Wildman–Crippen MR) is 40.7 cm³/mol. The highest BCUT2D eigenvalue weighted by Gasteiger charge is 1.58. The molecule has 0 aromatic heterocycles. The molecule has 0 spiro atoms. The molecule has 0 saturated heterocycles. The van der Waals surface area contributed by atoms with Crippen molar-refractivity contribution in [2.24, 2.45) is 0 Å². The molecule has 0 N–H and O–H groups in total. The summed E-state index contributed by atoms with van der Waals surface area (Å²) in [5.41, 5.74) is 0. The Balaban J connectivity index is 3.58. The van der Waals surface area contributed by atoms with Crippen molar-refractivity contribution in [2.75, 3.05) is 0 Å². The molecular weight excluding hydrogens is 108 g/mol. The van der Waals surface area contributed by atoms with Gasteiger partial charge in [-0.1, -0.05) is 24.8 Å². The van der Waals surface area contributed by atoms with Gasteiger partial charge < -0.3 is 0 Å². The molecule has 0 amide bonds. The average molecular weight is 118 g/mol. The van der Waals surface area contributed by atoms with Gasteiger partial charge >= 0.3 is 0 Å². The Morgan fingerprint density at radius 1 is 1.33 bits per heavy atom. The Morgan fingerprint density at radius 3 is 2.67 bits per heavy atom. The third kappa shape index (κ3) is 6.86. The van der Waals surface area contributed by atoms with Gasteiger partial charge in [0.05, 0.1) is 0 Å². The molecule has 46 valence electrons. The monoisotopic (exact) mass is 118 g/mol. The summed E-state index contributed by atoms with van der Waals surface area (Å²) in [5.74, 6) is 10.8. The van der Waals surface area contributed by atoms with Gasteiger partial charge in [0.1, 0.15) is 0 Å². The van der Waals surface area contributed by atoms with Gasteiger partial charge in [-0.15, -0.1) is 0 Å². The zero-order chi connectivity index (χ0) is 6.95. The highest BCUT2D eigenvalue weighted by molar-refractivity contribution is 5.29. The van der Waals surface area contributed by atoms with Crippen LogP contribution < -0.4 is 0 Å². The molecule has 0 radical (unpaired) electrons. The van der Waals surface area contributed by atoms with Crippen molar-refractivity contribution >= 4 is 0 Å². The fraction of sp³-hybridized carbons (Fsp3) is 0.333. The van der Waals surface area contributed by atoms with Crippen LogP contribution in [0, 0.1) is 23.7 Å². The molecule has 0 nitrogen and oxygen atoms in total. The summed E-state index contributed by atoms with van der Waals surface area (Å²) in [6.07, 6.45) is 4.86. The van der Waals surface area contributed by atoms with Gasteiger partial charge in [0, 0.05) is 0 Å². The summed E-state index contributed by atoms with van der Waals surface area (Å²) in [5, 5.41) is 0. The van der Waals surface area contributed by atoms with Crippen LogP contribution in [0.3, 0.4) is 0 Å². The van der Waals surface area contributed by atoms with Gasteiger partial charge in [-0.2, -0.15) is 0 Å². The Morgan fingerprint density at radius 2 is 2.11 bits per heavy atom. The normalized spacial score (nSPS) is 7.33. The quantitative estimate of drug-likeness (QED) is 0.462. The molecule has 0 saturated carbocycles. The van der Waals surface area contributed by atoms with Crippen molar-refractivity contribution in [1.29, 1.82) is 0 Å². The minimum atomic E-state index is 1.04. The minimum absolute atomic E-state index is 1.04. The van der Waals surface area contributed by atoms with E-state index in [2.05, 4.69) is 30.6 Å². The maximum Gasteiger partial charge on any atom is -0.00168 e. The van der Waals surface area contributed by atoms with Crippen molar-refractivity contribution in [2.45, 2.75) is 20.3 Å². The number of hydrogen-bond acceptors (Lipinski definition) is 0. The summed E-state index contributed by atoms with van der Waals surface area (Å²) in [7, 11) is 0. The number of rotatable bonds is 1. The summed E-state index contributed by atoms with van der Waals surface area (Å²) >= 11 is 0. The molecule has 0 fully saturated rings. The van der Waals surface area contributed by atoms with E-state index in [9.17, 15) is 0 Å². The molecule has 0 bridgehead atoms. The van der Waals surface area contributed by atoms with Gasteiger partial charge in [-0.05, 0) is 31.3 Å². The van der Waals surface area contributed by atoms with E-state index in [0.29, 0.717) is 0 Å². The van der Waals surface area contributed by atoms with Crippen LogP contribution in [0.25, 0.3) is 0 Å². The second-order valence-electron chi connectivity index (χ2n) is 1.45. The summed E-state index contributed by atoms with van der Waals surface area (Å²) in [4.78, 5) is 0. The fourth-order valence-corrected chi connectivity index (χ4v) is 0.317. The lowest BCUT2D eigenvalue weighted by Gasteiger charge is -1.67. The van der Waals surface area contributed by atoms with Crippen LogP contribution >= 0.6 is 0 Å². The average Bonchev–Trinajstić information content (AvgIpc) is 1.89. The first-order valence-electron chi connectivity index (χ1n) is 2.99. The molecule has 0 aromatic rings. The highest BCUT2D eigenvalue weighted by Crippen LogP contribution is 1.75. The van der Waals surface area contributed by atoms with Crippen LogP contribution in [0.5, 0.6) is 0 Å². The van der Waals surface area contributed by atoms with E-state index in [1.54, 1.807) is 6.92 Å². The van der Waals surface area contributed by atoms with Gasteiger partial charge in [0.15, 0.2) is 0 Å². The molecular formula is C9H10. The molecule has 0 aliphatic rings. The highest BCUT2D eigenvalue weighted by atomic mass is 13.6. The van der Waals surface area contributed by atoms with Crippen LogP contribution in [-0.4, -0.2) is 0 Å². The molecule has 0 aliphatic carbocycles. The predicted octanol–water partition coefficient (Wildman–Crippen LogP) is 1.98. The topological polar surface area (TPSA) is 0 Å². The van der Waals surface area contributed by atoms with E-state index < -0.39 is 0 Å². The Kier molecular flexibility index (Phi) is 5.99. The third-order valence-electron chi connectivity index (χ3n) is 0.697. The largest absolute Gasteiger partial charge is 0.0925 e. The van der Waals surface area contributed by atoms with Crippen molar-refractivity contribution < 1.29 is 0 Å². The van der Waals surface area contributed by atoms with E-state index in [0.717, 1.165) is 6.42 Å². The van der Waals surface area contributed by atoms with E-state index in [1.807, 2.05) is 12.2 Å². The van der Waals surface area contributed by atoms with Crippen LogP contribution in [0.1, 0.15) is 20.3 Å². The van der Waals surface area contributed by atoms with Crippen molar-refractivity contribution in [3.63, 3.8) is 0 Å². The molecule has 0 aromatic carbocycles. The molecule has 0 heteroatoms. The number of hydrogen-bond donors (Lipinski definition) is 0. The van der Waals surface area contributed by atoms with Crippen LogP contribution in [0.4, 0.5) is 0 Å². The Bertz CT molecular complexity index is 188. The van der Waals surface area contributed by atoms with Gasteiger partial charge in [-0.25, -0.2) is 0 Å². The first-order chi connectivity index (χ1) is 4.41. The fourth-order valence-electron chi connectivity index (χ4n) is 0.317. The molecule has 0 rings (SSSR count). The third-order valence-corrected chi connectivity index (χ3v) is 0.697. The molecule has 0 atom stereocenters. The van der Waals surface area contributed by atoms with Gasteiger partial charge in [-0.3, -0.25) is 0 Å². The first-order valence-corrected chi connectivity index (χ1v) is 2.99. The molecule has 9 heavy (non-hydrogen) atoms. The van der Waals surface area contributed by atoms with Crippen molar-refractivity contribution in [1.82, 2.24) is 0 Å². The lowest BCUT2D eigenvalue weighted by molar-refractivity contribution is 1.23. The van der Waals surface area contributed by atoms with Crippen LogP contribution in [0.15, 0.2) is 12.2 Å². The first kappa shape index (κ1) is 7.86. The van der Waals surface area contributed by atoms with Crippen molar-refractivity contribution in [3.05, 3.63) is 12.2 Å². The van der Waals surface area contributed by atoms with Crippen molar-refractivity contribution in [3.8, 4) is 23.7 Å². The lowest BCUT2D eigenvalue weighted by Crippen LogP contribution is -1.52. The second kappa shape index (κ2) is 6.86. The molecule has 0 heterocycles. The van der Waals surface area contributed by atoms with Crippen LogP contribution in [0.2, 0.25) is 0 Å². The molecule has 0 unspecified atom stereocenters. The lowest BCUT2D eigenvalue weighted by atomic mass is 10.4. The zero-order valence-corrected chi connectivity index (χ0v) is 5.86. The standard InChI is InChI=1S/C9H10/c1-3-5-7-9-8-6-4-2/h5,7H,3H2,1-2H3. The maximum atomic E-state index is 2.78. The zero-order valence-electron chi connectivity index (χ0n) is 5.86.